The van der Waals surface area contributed by atoms with E-state index in [9.17, 15) is 0 Å². The highest BCUT2D eigenvalue weighted by molar-refractivity contribution is 9.10. The molecular formula is C16H14BrCl2N3. The van der Waals surface area contributed by atoms with Crippen molar-refractivity contribution in [2.45, 2.75) is 26.3 Å². The highest BCUT2D eigenvalue weighted by Crippen LogP contribution is 2.31. The summed E-state index contributed by atoms with van der Waals surface area (Å²) in [5.41, 5.74) is 4.06. The van der Waals surface area contributed by atoms with Crippen molar-refractivity contribution >= 4 is 50.2 Å². The molecule has 0 amide bonds. The summed E-state index contributed by atoms with van der Waals surface area (Å²) in [6.45, 7) is 4.16. The third-order valence-corrected chi connectivity index (χ3v) is 4.80. The van der Waals surface area contributed by atoms with Crippen LogP contribution in [0.3, 0.4) is 0 Å². The molecule has 1 aromatic heterocycles. The number of fused-ring (bicyclic) bond motifs is 1. The second-order valence-electron chi connectivity index (χ2n) is 5.16. The zero-order valence-electron chi connectivity index (χ0n) is 12.1. The summed E-state index contributed by atoms with van der Waals surface area (Å²) < 4.78 is 2.92. The smallest absolute Gasteiger partial charge is 0.116 e. The van der Waals surface area contributed by atoms with E-state index in [-0.39, 0.29) is 6.04 Å². The van der Waals surface area contributed by atoms with Crippen LogP contribution < -0.4 is 0 Å². The molecule has 0 spiro atoms. The molecule has 114 valence electrons. The zero-order valence-corrected chi connectivity index (χ0v) is 15.2. The van der Waals surface area contributed by atoms with Gasteiger partial charge in [-0.3, -0.25) is 0 Å². The number of aromatic nitrogens is 3. The lowest BCUT2D eigenvalue weighted by Crippen LogP contribution is -2.09. The van der Waals surface area contributed by atoms with Gasteiger partial charge in [0.1, 0.15) is 5.52 Å². The van der Waals surface area contributed by atoms with E-state index < -0.39 is 0 Å². The van der Waals surface area contributed by atoms with Gasteiger partial charge in [0.25, 0.3) is 0 Å². The second-order valence-corrected chi connectivity index (χ2v) is 6.92. The highest BCUT2D eigenvalue weighted by Gasteiger charge is 2.18. The van der Waals surface area contributed by atoms with Gasteiger partial charge in [0.15, 0.2) is 0 Å². The van der Waals surface area contributed by atoms with E-state index in [1.165, 1.54) is 5.56 Å². The van der Waals surface area contributed by atoms with Crippen LogP contribution in [0.5, 0.6) is 0 Å². The average molecular weight is 399 g/mol. The van der Waals surface area contributed by atoms with Crippen LogP contribution in [0.25, 0.3) is 11.0 Å². The Hall–Kier alpha value is -1.10. The van der Waals surface area contributed by atoms with Crippen molar-refractivity contribution in [1.29, 1.82) is 0 Å². The van der Waals surface area contributed by atoms with Crippen molar-refractivity contribution in [2.75, 3.05) is 0 Å². The maximum Gasteiger partial charge on any atom is 0.116 e. The van der Waals surface area contributed by atoms with E-state index in [0.29, 0.717) is 10.0 Å². The summed E-state index contributed by atoms with van der Waals surface area (Å²) in [6, 6.07) is 9.61. The Kier molecular flexibility index (Phi) is 4.44. The number of aryl methyl sites for hydroxylation is 1. The van der Waals surface area contributed by atoms with Crippen molar-refractivity contribution in [3.8, 4) is 0 Å². The molecule has 0 fully saturated rings. The summed E-state index contributed by atoms with van der Waals surface area (Å²) in [5, 5.41) is 9.95. The molecule has 2 aromatic carbocycles. The van der Waals surface area contributed by atoms with Gasteiger partial charge in [-0.1, -0.05) is 57.3 Å². The molecule has 3 aromatic rings. The lowest BCUT2D eigenvalue weighted by atomic mass is 10.1. The van der Waals surface area contributed by atoms with E-state index in [2.05, 4.69) is 46.2 Å². The predicted octanol–water partition coefficient (Wildman–Crippen LogP) is 5.67. The quantitative estimate of drug-likeness (QED) is 0.568. The topological polar surface area (TPSA) is 30.7 Å². The van der Waals surface area contributed by atoms with Gasteiger partial charge in [-0.15, -0.1) is 5.10 Å². The number of benzene rings is 2. The van der Waals surface area contributed by atoms with Crippen LogP contribution >= 0.6 is 39.1 Å². The number of hydrogen-bond donors (Lipinski definition) is 0. The molecule has 0 saturated heterocycles. The Balaban J connectivity index is 2.15. The number of rotatable bonds is 3. The Labute approximate surface area is 147 Å². The van der Waals surface area contributed by atoms with E-state index in [4.69, 9.17) is 23.2 Å². The summed E-state index contributed by atoms with van der Waals surface area (Å²) in [6.07, 6.45) is 0.907. The fourth-order valence-corrected chi connectivity index (χ4v) is 3.66. The molecule has 0 aliphatic carbocycles. The maximum atomic E-state index is 6.33. The molecule has 22 heavy (non-hydrogen) atoms. The molecular weight excluding hydrogens is 385 g/mol. The van der Waals surface area contributed by atoms with Gasteiger partial charge in [0, 0.05) is 14.5 Å². The molecule has 1 unspecified atom stereocenters. The highest BCUT2D eigenvalue weighted by atomic mass is 79.9. The Morgan fingerprint density at radius 2 is 2.00 bits per heavy atom. The monoisotopic (exact) mass is 397 g/mol. The van der Waals surface area contributed by atoms with Gasteiger partial charge in [-0.2, -0.15) is 0 Å². The molecule has 0 aliphatic rings. The third-order valence-electron chi connectivity index (χ3n) is 3.78. The lowest BCUT2D eigenvalue weighted by molar-refractivity contribution is 0.560. The van der Waals surface area contributed by atoms with Crippen molar-refractivity contribution in [1.82, 2.24) is 15.0 Å². The van der Waals surface area contributed by atoms with E-state index in [0.717, 1.165) is 27.5 Å². The van der Waals surface area contributed by atoms with Gasteiger partial charge >= 0.3 is 0 Å². The second kappa shape index (κ2) is 6.19. The standard InChI is InChI=1S/C16H14BrCl2N3/c1-3-10-6-11(17)7-15-16(10)20-21-22(15)9(2)13-5-4-12(18)8-14(13)19/h4-9H,3H2,1-2H3. The zero-order chi connectivity index (χ0) is 15.9. The van der Waals surface area contributed by atoms with Gasteiger partial charge in [0.05, 0.1) is 11.6 Å². The first-order valence-corrected chi connectivity index (χ1v) is 8.54. The number of hydrogen-bond acceptors (Lipinski definition) is 2. The summed E-state index contributed by atoms with van der Waals surface area (Å²) in [7, 11) is 0. The number of halogens is 3. The molecule has 0 N–H and O–H groups in total. The van der Waals surface area contributed by atoms with E-state index in [1.807, 2.05) is 22.9 Å². The first-order chi connectivity index (χ1) is 10.5. The van der Waals surface area contributed by atoms with Crippen molar-refractivity contribution in [3.63, 3.8) is 0 Å². The van der Waals surface area contributed by atoms with E-state index >= 15 is 0 Å². The average Bonchev–Trinajstić information content (AvgIpc) is 2.89. The molecule has 6 heteroatoms. The SMILES string of the molecule is CCc1cc(Br)cc2c1nnn2C(C)c1ccc(Cl)cc1Cl. The Bertz CT molecular complexity index is 845. The third kappa shape index (κ3) is 2.75. The molecule has 0 bridgehead atoms. The number of nitrogens with zero attached hydrogens (tertiary/aromatic N) is 3. The van der Waals surface area contributed by atoms with Crippen LogP contribution in [0.4, 0.5) is 0 Å². The van der Waals surface area contributed by atoms with Crippen LogP contribution in [0.2, 0.25) is 10.0 Å². The molecule has 0 aliphatic heterocycles. The molecule has 3 nitrogen and oxygen atoms in total. The van der Waals surface area contributed by atoms with Gasteiger partial charge in [-0.05, 0) is 48.7 Å². The lowest BCUT2D eigenvalue weighted by Gasteiger charge is -2.15. The van der Waals surface area contributed by atoms with Crippen molar-refractivity contribution < 1.29 is 0 Å². The fourth-order valence-electron chi connectivity index (χ4n) is 2.60. The van der Waals surface area contributed by atoms with Gasteiger partial charge in [-0.25, -0.2) is 4.68 Å². The molecule has 0 saturated carbocycles. The normalized spacial score (nSPS) is 12.8. The minimum absolute atomic E-state index is 0.0335. The Morgan fingerprint density at radius 3 is 2.68 bits per heavy atom. The van der Waals surface area contributed by atoms with Crippen molar-refractivity contribution in [3.05, 3.63) is 56.0 Å². The summed E-state index contributed by atoms with van der Waals surface area (Å²) in [5.74, 6) is 0. The van der Waals surface area contributed by atoms with Crippen molar-refractivity contribution in [2.24, 2.45) is 0 Å². The van der Waals surface area contributed by atoms with Gasteiger partial charge in [0.2, 0.25) is 0 Å². The summed E-state index contributed by atoms with van der Waals surface area (Å²) in [4.78, 5) is 0. The maximum absolute atomic E-state index is 6.33. The molecule has 0 radical (unpaired) electrons. The Morgan fingerprint density at radius 1 is 1.23 bits per heavy atom. The summed E-state index contributed by atoms with van der Waals surface area (Å²) >= 11 is 15.9. The fraction of sp³-hybridized carbons (Fsp3) is 0.250. The minimum Gasteiger partial charge on any atom is -0.237 e. The van der Waals surface area contributed by atoms with Crippen LogP contribution in [0, 0.1) is 0 Å². The van der Waals surface area contributed by atoms with Crippen LogP contribution in [-0.2, 0) is 6.42 Å². The molecule has 1 atom stereocenters. The molecule has 3 rings (SSSR count). The first-order valence-electron chi connectivity index (χ1n) is 6.99. The van der Waals surface area contributed by atoms with Crippen LogP contribution in [-0.4, -0.2) is 15.0 Å². The minimum atomic E-state index is -0.0335. The van der Waals surface area contributed by atoms with Crippen LogP contribution in [0.15, 0.2) is 34.8 Å². The van der Waals surface area contributed by atoms with E-state index in [1.54, 1.807) is 6.07 Å². The first kappa shape index (κ1) is 15.8. The largest absolute Gasteiger partial charge is 0.237 e. The molecule has 1 heterocycles. The van der Waals surface area contributed by atoms with Crippen LogP contribution in [0.1, 0.15) is 31.0 Å². The van der Waals surface area contributed by atoms with Gasteiger partial charge < -0.3 is 0 Å². The predicted molar refractivity (Wildman–Crippen MR) is 94.9 cm³/mol.